The minimum absolute atomic E-state index is 0.0870. The number of nitrogens with one attached hydrogen (secondary N) is 1. The molecule has 1 N–H and O–H groups in total. The van der Waals surface area contributed by atoms with Crippen LogP contribution in [0, 0.1) is 6.92 Å². The average Bonchev–Trinajstić information content (AvgIpc) is 2.70. The van der Waals surface area contributed by atoms with E-state index in [9.17, 15) is 8.42 Å². The zero-order chi connectivity index (χ0) is 15.3. The number of ether oxygens (including phenoxy) is 1. The Kier molecular flexibility index (Phi) is 6.19. The first-order valence-corrected chi connectivity index (χ1v) is 8.05. The van der Waals surface area contributed by atoms with Crippen molar-refractivity contribution in [1.29, 1.82) is 0 Å². The lowest BCUT2D eigenvalue weighted by Crippen LogP contribution is -2.31. The lowest BCUT2D eigenvalue weighted by molar-refractivity contribution is 0.0737. The van der Waals surface area contributed by atoms with Crippen molar-refractivity contribution in [3.05, 3.63) is 17.6 Å². The third kappa shape index (κ3) is 4.31. The highest BCUT2D eigenvalue weighted by atomic mass is 32.2. The summed E-state index contributed by atoms with van der Waals surface area (Å²) in [5.74, 6) is 1.02. The van der Waals surface area contributed by atoms with Crippen LogP contribution in [0.1, 0.15) is 25.4 Å². The summed E-state index contributed by atoms with van der Waals surface area (Å²) >= 11 is 0. The fraction of sp³-hybridized carbons (Fsp3) is 0.692. The summed E-state index contributed by atoms with van der Waals surface area (Å²) in [6, 6.07) is 1.57. The molecule has 0 unspecified atom stereocenters. The second-order valence-corrected chi connectivity index (χ2v) is 6.92. The van der Waals surface area contributed by atoms with Crippen molar-refractivity contribution in [3.8, 4) is 0 Å². The molecule has 0 aliphatic heterocycles. The van der Waals surface area contributed by atoms with Crippen molar-refractivity contribution in [1.82, 2.24) is 9.62 Å². The van der Waals surface area contributed by atoms with Gasteiger partial charge in [-0.3, -0.25) is 0 Å². The molecule has 0 fully saturated rings. The second kappa shape index (κ2) is 7.21. The smallest absolute Gasteiger partial charge is 0.246 e. The first-order valence-electron chi connectivity index (χ1n) is 6.61. The summed E-state index contributed by atoms with van der Waals surface area (Å²) in [6.07, 6.45) is 0.0870. The molecule has 0 saturated heterocycles. The van der Waals surface area contributed by atoms with Gasteiger partial charge in [-0.2, -0.15) is 4.31 Å². The molecule has 0 amide bonds. The Morgan fingerprint density at radius 1 is 1.45 bits per heavy atom. The molecule has 0 spiro atoms. The first kappa shape index (κ1) is 17.2. The predicted molar refractivity (Wildman–Crippen MR) is 77.1 cm³/mol. The van der Waals surface area contributed by atoms with Crippen LogP contribution in [0.5, 0.6) is 0 Å². The summed E-state index contributed by atoms with van der Waals surface area (Å²) in [5, 5.41) is 2.93. The van der Waals surface area contributed by atoms with Crippen molar-refractivity contribution in [2.24, 2.45) is 0 Å². The summed E-state index contributed by atoms with van der Waals surface area (Å²) in [4.78, 5) is 0.217. The largest absolute Gasteiger partial charge is 0.464 e. The van der Waals surface area contributed by atoms with Gasteiger partial charge in [0.2, 0.25) is 10.0 Å². The normalized spacial score (nSPS) is 12.6. The molecule has 20 heavy (non-hydrogen) atoms. The van der Waals surface area contributed by atoms with E-state index < -0.39 is 10.0 Å². The molecule has 0 radical (unpaired) electrons. The lowest BCUT2D eigenvalue weighted by atomic mass is 10.4. The molecule has 0 aromatic carbocycles. The number of furan rings is 1. The van der Waals surface area contributed by atoms with Crippen LogP contribution >= 0.6 is 0 Å². The summed E-state index contributed by atoms with van der Waals surface area (Å²) < 4.78 is 37.0. The third-order valence-electron chi connectivity index (χ3n) is 2.82. The molecule has 1 aromatic heterocycles. The van der Waals surface area contributed by atoms with Gasteiger partial charge in [-0.15, -0.1) is 0 Å². The second-order valence-electron chi connectivity index (χ2n) is 4.91. The SMILES string of the molecule is CNCc1cc(S(=O)(=O)N(C)CCOC(C)C)c(C)o1. The lowest BCUT2D eigenvalue weighted by Gasteiger charge is -2.17. The van der Waals surface area contributed by atoms with Crippen LogP contribution in [0.3, 0.4) is 0 Å². The Balaban J connectivity index is 2.81. The zero-order valence-corrected chi connectivity index (χ0v) is 13.6. The Morgan fingerprint density at radius 3 is 2.65 bits per heavy atom. The van der Waals surface area contributed by atoms with Gasteiger partial charge in [0.25, 0.3) is 0 Å². The van der Waals surface area contributed by atoms with E-state index in [2.05, 4.69) is 5.32 Å². The first-order chi connectivity index (χ1) is 9.28. The van der Waals surface area contributed by atoms with Crippen molar-refractivity contribution < 1.29 is 17.6 Å². The molecule has 7 heteroatoms. The maximum Gasteiger partial charge on any atom is 0.246 e. The maximum absolute atomic E-state index is 12.4. The molecule has 1 aromatic rings. The molecular formula is C13H24N2O4S. The predicted octanol–water partition coefficient (Wildman–Crippen LogP) is 1.35. The van der Waals surface area contributed by atoms with E-state index in [1.807, 2.05) is 13.8 Å². The molecule has 0 bridgehead atoms. The number of nitrogens with zero attached hydrogens (tertiary/aromatic N) is 1. The van der Waals surface area contributed by atoms with Crippen LogP contribution in [-0.2, 0) is 21.3 Å². The molecule has 0 saturated carbocycles. The van der Waals surface area contributed by atoms with E-state index in [0.717, 1.165) is 0 Å². The van der Waals surface area contributed by atoms with E-state index in [-0.39, 0.29) is 11.0 Å². The summed E-state index contributed by atoms with van der Waals surface area (Å²) in [5.41, 5.74) is 0. The highest BCUT2D eigenvalue weighted by molar-refractivity contribution is 7.89. The average molecular weight is 304 g/mol. The highest BCUT2D eigenvalue weighted by Gasteiger charge is 2.25. The minimum atomic E-state index is -3.53. The molecule has 1 rings (SSSR count). The van der Waals surface area contributed by atoms with Gasteiger partial charge in [-0.05, 0) is 27.8 Å². The van der Waals surface area contributed by atoms with E-state index in [1.54, 1.807) is 27.1 Å². The fourth-order valence-corrected chi connectivity index (χ4v) is 3.08. The van der Waals surface area contributed by atoms with Crippen molar-refractivity contribution in [2.75, 3.05) is 27.2 Å². The van der Waals surface area contributed by atoms with E-state index >= 15 is 0 Å². The van der Waals surface area contributed by atoms with Crippen LogP contribution < -0.4 is 5.32 Å². The van der Waals surface area contributed by atoms with Gasteiger partial charge >= 0.3 is 0 Å². The Bertz CT molecular complexity index is 522. The number of aryl methyl sites for hydroxylation is 1. The van der Waals surface area contributed by atoms with Crippen molar-refractivity contribution in [3.63, 3.8) is 0 Å². The van der Waals surface area contributed by atoms with Gasteiger partial charge < -0.3 is 14.5 Å². The molecule has 0 atom stereocenters. The third-order valence-corrected chi connectivity index (χ3v) is 4.78. The molecule has 6 nitrogen and oxygen atoms in total. The molecule has 0 aliphatic rings. The van der Waals surface area contributed by atoms with Gasteiger partial charge in [0, 0.05) is 19.7 Å². The maximum atomic E-state index is 12.4. The van der Waals surface area contributed by atoms with Gasteiger partial charge in [-0.1, -0.05) is 0 Å². The highest BCUT2D eigenvalue weighted by Crippen LogP contribution is 2.22. The van der Waals surface area contributed by atoms with Crippen LogP contribution in [0.25, 0.3) is 0 Å². The number of likely N-dealkylation sites (N-methyl/N-ethyl adjacent to an activating group) is 1. The van der Waals surface area contributed by atoms with Crippen LogP contribution in [-0.4, -0.2) is 46.1 Å². The van der Waals surface area contributed by atoms with E-state index in [4.69, 9.17) is 9.15 Å². The van der Waals surface area contributed by atoms with Crippen molar-refractivity contribution in [2.45, 2.75) is 38.3 Å². The quantitative estimate of drug-likeness (QED) is 0.785. The molecule has 0 aliphatic carbocycles. The van der Waals surface area contributed by atoms with Crippen molar-refractivity contribution >= 4 is 10.0 Å². The van der Waals surface area contributed by atoms with E-state index in [1.165, 1.54) is 4.31 Å². The monoisotopic (exact) mass is 304 g/mol. The Labute approximate surface area is 121 Å². The number of hydrogen-bond acceptors (Lipinski definition) is 5. The van der Waals surface area contributed by atoms with Gasteiger partial charge in [0.05, 0.1) is 19.3 Å². The number of sulfonamides is 1. The van der Waals surface area contributed by atoms with Crippen LogP contribution in [0.4, 0.5) is 0 Å². The molecular weight excluding hydrogens is 280 g/mol. The van der Waals surface area contributed by atoms with Crippen LogP contribution in [0.2, 0.25) is 0 Å². The standard InChI is InChI=1S/C13H24N2O4S/c1-10(2)18-7-6-15(5)20(16,17)13-8-12(9-14-4)19-11(13)3/h8,10,14H,6-7,9H2,1-5H3. The Morgan fingerprint density at radius 2 is 2.10 bits per heavy atom. The van der Waals surface area contributed by atoms with Crippen LogP contribution in [0.15, 0.2) is 15.4 Å². The molecule has 116 valence electrons. The minimum Gasteiger partial charge on any atom is -0.464 e. The molecule has 1 heterocycles. The summed E-state index contributed by atoms with van der Waals surface area (Å²) in [7, 11) is -0.209. The Hall–Kier alpha value is -0.890. The van der Waals surface area contributed by atoms with Gasteiger partial charge in [0.15, 0.2) is 0 Å². The van der Waals surface area contributed by atoms with Gasteiger partial charge in [0.1, 0.15) is 16.4 Å². The number of rotatable bonds is 8. The number of hydrogen-bond donors (Lipinski definition) is 1. The van der Waals surface area contributed by atoms with E-state index in [0.29, 0.717) is 31.2 Å². The zero-order valence-electron chi connectivity index (χ0n) is 12.8. The van der Waals surface area contributed by atoms with Gasteiger partial charge in [-0.25, -0.2) is 8.42 Å². The topological polar surface area (TPSA) is 71.8 Å². The fourth-order valence-electron chi connectivity index (χ4n) is 1.75. The summed E-state index contributed by atoms with van der Waals surface area (Å²) in [6.45, 7) is 6.67.